The Morgan fingerprint density at radius 3 is 2.60 bits per heavy atom. The van der Waals surface area contributed by atoms with E-state index in [1.807, 2.05) is 55.5 Å². The van der Waals surface area contributed by atoms with Gasteiger partial charge in [-0.3, -0.25) is 4.79 Å². The first kappa shape index (κ1) is 17.7. The van der Waals surface area contributed by atoms with Crippen molar-refractivity contribution in [3.63, 3.8) is 0 Å². The molecule has 0 aliphatic heterocycles. The summed E-state index contributed by atoms with van der Waals surface area (Å²) in [4.78, 5) is 16.3. The molecule has 0 radical (unpaired) electrons. The molecule has 0 aliphatic rings. The number of amides is 1. The zero-order valence-electron chi connectivity index (χ0n) is 13.5. The third-order valence-corrected chi connectivity index (χ3v) is 4.81. The number of nitrogens with zero attached hydrogens (tertiary/aromatic N) is 2. The predicted molar refractivity (Wildman–Crippen MR) is 103 cm³/mol. The number of hydrogen-bond acceptors (Lipinski definition) is 5. The summed E-state index contributed by atoms with van der Waals surface area (Å²) >= 11 is 4.79. The van der Waals surface area contributed by atoms with E-state index >= 15 is 0 Å². The molecule has 1 N–H and O–H groups in total. The van der Waals surface area contributed by atoms with Gasteiger partial charge in [-0.15, -0.1) is 11.8 Å². The average molecular weight is 418 g/mol. The standard InChI is InChI=1S/C18H16BrN3O2S/c1-12-2-4-13(5-3-12)18-21-17(24-22-18)11-25-10-16(23)20-15-8-6-14(19)7-9-15/h2-9H,10-11H2,1H3,(H,20,23). The normalized spacial score (nSPS) is 10.6. The molecule has 0 fully saturated rings. The lowest BCUT2D eigenvalue weighted by molar-refractivity contribution is -0.113. The number of aromatic nitrogens is 2. The minimum Gasteiger partial charge on any atom is -0.338 e. The molecular formula is C18H16BrN3O2S. The van der Waals surface area contributed by atoms with Crippen LogP contribution in [0.25, 0.3) is 11.4 Å². The number of nitrogens with one attached hydrogen (secondary N) is 1. The highest BCUT2D eigenvalue weighted by Crippen LogP contribution is 2.19. The van der Waals surface area contributed by atoms with Gasteiger partial charge in [-0.25, -0.2) is 0 Å². The van der Waals surface area contributed by atoms with Crippen LogP contribution in [0.4, 0.5) is 5.69 Å². The van der Waals surface area contributed by atoms with Crippen molar-refractivity contribution in [3.8, 4) is 11.4 Å². The first-order valence-corrected chi connectivity index (χ1v) is 9.58. The highest BCUT2D eigenvalue weighted by atomic mass is 79.9. The molecule has 128 valence electrons. The first-order valence-electron chi connectivity index (χ1n) is 7.63. The summed E-state index contributed by atoms with van der Waals surface area (Å²) in [5.41, 5.74) is 2.87. The lowest BCUT2D eigenvalue weighted by Crippen LogP contribution is -2.14. The molecule has 5 nitrogen and oxygen atoms in total. The number of anilines is 1. The van der Waals surface area contributed by atoms with Crippen molar-refractivity contribution < 1.29 is 9.32 Å². The van der Waals surface area contributed by atoms with Gasteiger partial charge in [0.2, 0.25) is 17.6 Å². The quantitative estimate of drug-likeness (QED) is 0.630. The topological polar surface area (TPSA) is 68.0 Å². The maximum atomic E-state index is 11.9. The lowest BCUT2D eigenvalue weighted by Gasteiger charge is -2.04. The Morgan fingerprint density at radius 1 is 1.16 bits per heavy atom. The zero-order chi connectivity index (χ0) is 17.6. The van der Waals surface area contributed by atoms with Crippen LogP contribution in [0.5, 0.6) is 0 Å². The fourth-order valence-electron chi connectivity index (χ4n) is 2.09. The van der Waals surface area contributed by atoms with Crippen LogP contribution < -0.4 is 5.32 Å². The minimum absolute atomic E-state index is 0.0643. The molecule has 1 amide bonds. The number of rotatable bonds is 6. The third kappa shape index (κ3) is 5.17. The molecule has 3 rings (SSSR count). The van der Waals surface area contributed by atoms with Gasteiger partial charge in [-0.05, 0) is 31.2 Å². The Bertz CT molecular complexity index is 848. The van der Waals surface area contributed by atoms with Gasteiger partial charge in [-0.2, -0.15) is 4.98 Å². The van der Waals surface area contributed by atoms with Gasteiger partial charge in [-0.1, -0.05) is 50.9 Å². The zero-order valence-corrected chi connectivity index (χ0v) is 15.9. The molecule has 7 heteroatoms. The van der Waals surface area contributed by atoms with E-state index in [4.69, 9.17) is 4.52 Å². The number of halogens is 1. The molecule has 0 atom stereocenters. The Labute approximate surface area is 158 Å². The SMILES string of the molecule is Cc1ccc(-c2noc(CSCC(=O)Nc3ccc(Br)cc3)n2)cc1. The van der Waals surface area contributed by atoms with Crippen LogP contribution in [0.1, 0.15) is 11.5 Å². The molecule has 0 unspecified atom stereocenters. The third-order valence-electron chi connectivity index (χ3n) is 3.36. The van der Waals surface area contributed by atoms with Crippen LogP contribution >= 0.6 is 27.7 Å². The van der Waals surface area contributed by atoms with E-state index in [1.165, 1.54) is 17.3 Å². The second-order valence-corrected chi connectivity index (χ2v) is 7.33. The number of aryl methyl sites for hydroxylation is 1. The molecule has 2 aromatic carbocycles. The summed E-state index contributed by atoms with van der Waals surface area (Å²) in [5, 5.41) is 6.83. The number of hydrogen-bond donors (Lipinski definition) is 1. The molecule has 0 bridgehead atoms. The van der Waals surface area contributed by atoms with E-state index in [1.54, 1.807) is 0 Å². The Hall–Kier alpha value is -2.12. The molecule has 0 aliphatic carbocycles. The van der Waals surface area contributed by atoms with Crippen molar-refractivity contribution in [2.45, 2.75) is 12.7 Å². The van der Waals surface area contributed by atoms with Crippen LogP contribution in [0, 0.1) is 6.92 Å². The number of carbonyl (C=O) groups excluding carboxylic acids is 1. The maximum absolute atomic E-state index is 11.9. The van der Waals surface area contributed by atoms with Gasteiger partial charge in [0.15, 0.2) is 0 Å². The van der Waals surface area contributed by atoms with Crippen molar-refractivity contribution in [2.75, 3.05) is 11.1 Å². The molecule has 1 aromatic heterocycles. The van der Waals surface area contributed by atoms with E-state index < -0.39 is 0 Å². The van der Waals surface area contributed by atoms with E-state index in [0.717, 1.165) is 15.7 Å². The second-order valence-electron chi connectivity index (χ2n) is 5.43. The van der Waals surface area contributed by atoms with Gasteiger partial charge in [0.05, 0.1) is 11.5 Å². The Balaban J connectivity index is 1.48. The molecule has 3 aromatic rings. The number of benzene rings is 2. The summed E-state index contributed by atoms with van der Waals surface area (Å²) in [6.07, 6.45) is 0. The fraction of sp³-hybridized carbons (Fsp3) is 0.167. The van der Waals surface area contributed by atoms with Crippen LogP contribution in [0.2, 0.25) is 0 Å². The summed E-state index contributed by atoms with van der Waals surface area (Å²) in [5.74, 6) is 1.82. The van der Waals surface area contributed by atoms with Crippen LogP contribution in [-0.4, -0.2) is 21.8 Å². The molecule has 1 heterocycles. The fourth-order valence-corrected chi connectivity index (χ4v) is 3.01. The Kier molecular flexibility index (Phi) is 5.88. The van der Waals surface area contributed by atoms with Gasteiger partial charge in [0.1, 0.15) is 0 Å². The van der Waals surface area contributed by atoms with Crippen molar-refractivity contribution in [1.29, 1.82) is 0 Å². The molecule has 0 spiro atoms. The predicted octanol–water partition coefficient (Wildman–Crippen LogP) is 4.68. The van der Waals surface area contributed by atoms with E-state index in [2.05, 4.69) is 31.4 Å². The van der Waals surface area contributed by atoms with Crippen molar-refractivity contribution in [2.24, 2.45) is 0 Å². The van der Waals surface area contributed by atoms with Gasteiger partial charge < -0.3 is 9.84 Å². The smallest absolute Gasteiger partial charge is 0.236 e. The highest BCUT2D eigenvalue weighted by Gasteiger charge is 2.10. The summed E-state index contributed by atoms with van der Waals surface area (Å²) in [6.45, 7) is 2.03. The number of carbonyl (C=O) groups is 1. The minimum atomic E-state index is -0.0643. The molecule has 0 saturated heterocycles. The second kappa shape index (κ2) is 8.31. The summed E-state index contributed by atoms with van der Waals surface area (Å²) in [7, 11) is 0. The maximum Gasteiger partial charge on any atom is 0.236 e. The number of thioether (sulfide) groups is 1. The van der Waals surface area contributed by atoms with Crippen molar-refractivity contribution in [1.82, 2.24) is 10.1 Å². The Morgan fingerprint density at radius 2 is 1.88 bits per heavy atom. The van der Waals surface area contributed by atoms with Gasteiger partial charge in [0.25, 0.3) is 0 Å². The van der Waals surface area contributed by atoms with Crippen molar-refractivity contribution in [3.05, 3.63) is 64.5 Å². The van der Waals surface area contributed by atoms with E-state index in [9.17, 15) is 4.79 Å². The van der Waals surface area contributed by atoms with Crippen LogP contribution in [0.15, 0.2) is 57.5 Å². The largest absolute Gasteiger partial charge is 0.338 e. The molecule has 0 saturated carbocycles. The first-order chi connectivity index (χ1) is 12.1. The van der Waals surface area contributed by atoms with Gasteiger partial charge in [0, 0.05) is 15.7 Å². The average Bonchev–Trinajstić information content (AvgIpc) is 3.06. The van der Waals surface area contributed by atoms with Gasteiger partial charge >= 0.3 is 0 Å². The summed E-state index contributed by atoms with van der Waals surface area (Å²) in [6, 6.07) is 15.4. The van der Waals surface area contributed by atoms with Crippen LogP contribution in [0.3, 0.4) is 0 Å². The van der Waals surface area contributed by atoms with E-state index in [0.29, 0.717) is 23.2 Å². The van der Waals surface area contributed by atoms with Crippen LogP contribution in [-0.2, 0) is 10.5 Å². The monoisotopic (exact) mass is 417 g/mol. The highest BCUT2D eigenvalue weighted by molar-refractivity contribution is 9.10. The molecular weight excluding hydrogens is 402 g/mol. The lowest BCUT2D eigenvalue weighted by atomic mass is 10.1. The van der Waals surface area contributed by atoms with E-state index in [-0.39, 0.29) is 5.91 Å². The molecule has 25 heavy (non-hydrogen) atoms. The summed E-state index contributed by atoms with van der Waals surface area (Å²) < 4.78 is 6.22. The van der Waals surface area contributed by atoms with Crippen molar-refractivity contribution >= 4 is 39.3 Å².